The molecule has 0 aliphatic carbocycles. The maximum Gasteiger partial charge on any atom is 0.309 e. The molecule has 3 aromatic rings. The Morgan fingerprint density at radius 2 is 1.75 bits per heavy atom. The highest BCUT2D eigenvalue weighted by atomic mass is 32.1. The molecule has 1 aromatic heterocycles. The molecule has 0 aliphatic heterocycles. The van der Waals surface area contributed by atoms with Gasteiger partial charge in [-0.05, 0) is 37.1 Å². The molecule has 1 heterocycles. The van der Waals surface area contributed by atoms with E-state index in [1.807, 2.05) is 30.3 Å². The van der Waals surface area contributed by atoms with E-state index in [9.17, 15) is 4.79 Å². The summed E-state index contributed by atoms with van der Waals surface area (Å²) in [6, 6.07) is 14.1. The summed E-state index contributed by atoms with van der Waals surface area (Å²) in [6.45, 7) is 4.64. The molecule has 20 heavy (non-hydrogen) atoms. The van der Waals surface area contributed by atoms with E-state index in [-0.39, 0.29) is 4.87 Å². The fourth-order valence-corrected chi connectivity index (χ4v) is 3.31. The Kier molecular flexibility index (Phi) is 3.32. The van der Waals surface area contributed by atoms with Crippen LogP contribution in [0.1, 0.15) is 11.1 Å². The second-order valence-electron chi connectivity index (χ2n) is 4.87. The molecule has 2 aromatic carbocycles. The zero-order valence-electron chi connectivity index (χ0n) is 11.5. The Bertz CT molecular complexity index is 796. The molecular formula is C16H16N2OS. The normalized spacial score (nSPS) is 10.9. The number of nitrogens with zero attached hydrogens (tertiary/aromatic N) is 1. The van der Waals surface area contributed by atoms with Gasteiger partial charge in [0.2, 0.25) is 0 Å². The zero-order valence-corrected chi connectivity index (χ0v) is 12.3. The molecule has 3 rings (SSSR count). The third kappa shape index (κ3) is 2.23. The SMILES string of the molecule is Cc1cccc(C)c1NCn1c(=O)sc2ccccc21. The summed E-state index contributed by atoms with van der Waals surface area (Å²) in [4.78, 5) is 12.1. The van der Waals surface area contributed by atoms with Gasteiger partial charge in [0.15, 0.2) is 0 Å². The smallest absolute Gasteiger partial charge is 0.309 e. The minimum atomic E-state index is 0.0740. The van der Waals surface area contributed by atoms with Gasteiger partial charge in [0.05, 0.1) is 16.9 Å². The van der Waals surface area contributed by atoms with Crippen molar-refractivity contribution in [3.63, 3.8) is 0 Å². The molecule has 0 bridgehead atoms. The first kappa shape index (κ1) is 12.9. The van der Waals surface area contributed by atoms with Crippen LogP contribution in [0, 0.1) is 13.8 Å². The van der Waals surface area contributed by atoms with E-state index < -0.39 is 0 Å². The van der Waals surface area contributed by atoms with Crippen LogP contribution in [0.3, 0.4) is 0 Å². The number of hydrogen-bond acceptors (Lipinski definition) is 3. The average molecular weight is 284 g/mol. The van der Waals surface area contributed by atoms with E-state index in [0.717, 1.165) is 15.9 Å². The van der Waals surface area contributed by atoms with Crippen molar-refractivity contribution in [1.82, 2.24) is 4.57 Å². The Balaban J connectivity index is 1.95. The monoisotopic (exact) mass is 284 g/mol. The highest BCUT2D eigenvalue weighted by Gasteiger charge is 2.07. The number of rotatable bonds is 3. The van der Waals surface area contributed by atoms with Gasteiger partial charge in [0, 0.05) is 5.69 Å². The summed E-state index contributed by atoms with van der Waals surface area (Å²) < 4.78 is 2.81. The summed E-state index contributed by atoms with van der Waals surface area (Å²) in [6.07, 6.45) is 0. The van der Waals surface area contributed by atoms with Crippen molar-refractivity contribution in [3.8, 4) is 0 Å². The van der Waals surface area contributed by atoms with Gasteiger partial charge in [-0.15, -0.1) is 0 Å². The van der Waals surface area contributed by atoms with Gasteiger partial charge >= 0.3 is 4.87 Å². The van der Waals surface area contributed by atoms with E-state index in [1.54, 1.807) is 4.57 Å². The lowest BCUT2D eigenvalue weighted by Gasteiger charge is -2.13. The number of fused-ring (bicyclic) bond motifs is 1. The lowest BCUT2D eigenvalue weighted by molar-refractivity contribution is 0.790. The number of thiazole rings is 1. The Morgan fingerprint density at radius 1 is 1.05 bits per heavy atom. The first-order valence-electron chi connectivity index (χ1n) is 6.55. The number of aryl methyl sites for hydroxylation is 2. The Morgan fingerprint density at radius 3 is 2.50 bits per heavy atom. The topological polar surface area (TPSA) is 34.0 Å². The summed E-state index contributed by atoms with van der Waals surface area (Å²) in [5.74, 6) is 0. The molecule has 0 aliphatic rings. The number of hydrogen-bond donors (Lipinski definition) is 1. The molecule has 1 N–H and O–H groups in total. The second kappa shape index (κ2) is 5.13. The van der Waals surface area contributed by atoms with Crippen LogP contribution >= 0.6 is 11.3 Å². The van der Waals surface area contributed by atoms with Crippen LogP contribution in [0.5, 0.6) is 0 Å². The van der Waals surface area contributed by atoms with Crippen molar-refractivity contribution >= 4 is 27.2 Å². The third-order valence-corrected chi connectivity index (χ3v) is 4.43. The number of para-hydroxylation sites is 2. The molecule has 0 fully saturated rings. The van der Waals surface area contributed by atoms with Gasteiger partial charge in [-0.1, -0.05) is 41.7 Å². The predicted molar refractivity (Wildman–Crippen MR) is 85.6 cm³/mol. The fourth-order valence-electron chi connectivity index (χ4n) is 2.42. The first-order chi connectivity index (χ1) is 9.66. The van der Waals surface area contributed by atoms with E-state index in [0.29, 0.717) is 6.67 Å². The highest BCUT2D eigenvalue weighted by molar-refractivity contribution is 7.16. The predicted octanol–water partition coefficient (Wildman–Crippen LogP) is 3.75. The van der Waals surface area contributed by atoms with E-state index in [2.05, 4.69) is 31.3 Å². The first-order valence-corrected chi connectivity index (χ1v) is 7.37. The molecular weight excluding hydrogens is 268 g/mol. The molecule has 0 saturated heterocycles. The van der Waals surface area contributed by atoms with Gasteiger partial charge in [-0.3, -0.25) is 9.36 Å². The van der Waals surface area contributed by atoms with Crippen molar-refractivity contribution < 1.29 is 0 Å². The van der Waals surface area contributed by atoms with E-state index in [1.165, 1.54) is 22.5 Å². The molecule has 0 saturated carbocycles. The number of anilines is 1. The molecule has 0 amide bonds. The van der Waals surface area contributed by atoms with Crippen molar-refractivity contribution in [2.75, 3.05) is 5.32 Å². The maximum atomic E-state index is 12.1. The van der Waals surface area contributed by atoms with Crippen molar-refractivity contribution in [2.45, 2.75) is 20.5 Å². The van der Waals surface area contributed by atoms with Gasteiger partial charge in [-0.25, -0.2) is 0 Å². The zero-order chi connectivity index (χ0) is 14.1. The van der Waals surface area contributed by atoms with E-state index in [4.69, 9.17) is 0 Å². The quantitative estimate of drug-likeness (QED) is 0.794. The molecule has 0 radical (unpaired) electrons. The largest absolute Gasteiger partial charge is 0.367 e. The van der Waals surface area contributed by atoms with E-state index >= 15 is 0 Å². The van der Waals surface area contributed by atoms with Crippen LogP contribution in [-0.2, 0) is 6.67 Å². The number of aromatic nitrogens is 1. The molecule has 3 nitrogen and oxygen atoms in total. The van der Waals surface area contributed by atoms with Crippen molar-refractivity contribution in [1.29, 1.82) is 0 Å². The van der Waals surface area contributed by atoms with Gasteiger partial charge in [0.1, 0.15) is 0 Å². The summed E-state index contributed by atoms with van der Waals surface area (Å²) in [7, 11) is 0. The molecule has 0 spiro atoms. The van der Waals surface area contributed by atoms with Gasteiger partial charge in [-0.2, -0.15) is 0 Å². The van der Waals surface area contributed by atoms with Gasteiger partial charge < -0.3 is 5.32 Å². The highest BCUT2D eigenvalue weighted by Crippen LogP contribution is 2.21. The summed E-state index contributed by atoms with van der Waals surface area (Å²) in [5, 5.41) is 3.39. The fraction of sp³-hybridized carbons (Fsp3) is 0.188. The standard InChI is InChI=1S/C16H16N2OS/c1-11-6-5-7-12(2)15(11)17-10-18-13-8-3-4-9-14(13)20-16(18)19/h3-9,17H,10H2,1-2H3. The van der Waals surface area contributed by atoms with Gasteiger partial charge in [0.25, 0.3) is 0 Å². The van der Waals surface area contributed by atoms with Crippen LogP contribution in [0.4, 0.5) is 5.69 Å². The molecule has 102 valence electrons. The molecule has 0 unspecified atom stereocenters. The van der Waals surface area contributed by atoms with Crippen molar-refractivity contribution in [2.24, 2.45) is 0 Å². The minimum absolute atomic E-state index is 0.0740. The Hall–Kier alpha value is -2.07. The number of nitrogens with one attached hydrogen (secondary N) is 1. The summed E-state index contributed by atoms with van der Waals surface area (Å²) >= 11 is 1.29. The van der Waals surface area contributed by atoms with Crippen LogP contribution in [-0.4, -0.2) is 4.57 Å². The number of benzene rings is 2. The lowest BCUT2D eigenvalue weighted by atomic mass is 10.1. The van der Waals surface area contributed by atoms with Crippen LogP contribution in [0.2, 0.25) is 0 Å². The van der Waals surface area contributed by atoms with Crippen LogP contribution < -0.4 is 10.2 Å². The lowest BCUT2D eigenvalue weighted by Crippen LogP contribution is -2.18. The summed E-state index contributed by atoms with van der Waals surface area (Å²) in [5.41, 5.74) is 4.48. The van der Waals surface area contributed by atoms with Crippen LogP contribution in [0.25, 0.3) is 10.2 Å². The Labute approximate surface area is 121 Å². The van der Waals surface area contributed by atoms with Crippen molar-refractivity contribution in [3.05, 3.63) is 63.3 Å². The molecule has 4 heteroatoms. The minimum Gasteiger partial charge on any atom is -0.367 e. The molecule has 0 atom stereocenters. The third-order valence-electron chi connectivity index (χ3n) is 3.47. The average Bonchev–Trinajstić information content (AvgIpc) is 2.74. The second-order valence-corrected chi connectivity index (χ2v) is 5.86. The maximum absolute atomic E-state index is 12.1. The van der Waals surface area contributed by atoms with Crippen LogP contribution in [0.15, 0.2) is 47.3 Å².